The van der Waals surface area contributed by atoms with Crippen LogP contribution in [0.4, 0.5) is 17.6 Å². The molecule has 0 atom stereocenters. The van der Waals surface area contributed by atoms with Gasteiger partial charge in [-0.1, -0.05) is 6.07 Å². The Morgan fingerprint density at radius 2 is 1.93 bits per heavy atom. The fourth-order valence-corrected chi connectivity index (χ4v) is 2.55. The summed E-state index contributed by atoms with van der Waals surface area (Å²) >= 11 is 0. The lowest BCUT2D eigenvalue weighted by atomic mass is 10.1. The van der Waals surface area contributed by atoms with Crippen LogP contribution in [0, 0.1) is 17.1 Å². The average molecular weight is 400 g/mol. The predicted molar refractivity (Wildman–Crippen MR) is 96.9 cm³/mol. The Kier molecular flexibility index (Phi) is 5.45. The molecule has 9 heteroatoms. The fraction of sp³-hybridized carbons (Fsp3) is 0.0500. The summed E-state index contributed by atoms with van der Waals surface area (Å²) < 4.78 is 54.0. The van der Waals surface area contributed by atoms with E-state index in [1.54, 1.807) is 24.4 Å². The third-order valence-electron chi connectivity index (χ3n) is 3.94. The number of aromatic nitrogens is 1. The van der Waals surface area contributed by atoms with Gasteiger partial charge in [-0.2, -0.15) is 23.5 Å². The molecule has 0 fully saturated rings. The van der Waals surface area contributed by atoms with Crippen molar-refractivity contribution in [2.45, 2.75) is 6.18 Å². The van der Waals surface area contributed by atoms with Crippen LogP contribution < -0.4 is 5.43 Å². The zero-order valence-corrected chi connectivity index (χ0v) is 14.6. The molecule has 5 nitrogen and oxygen atoms in total. The summed E-state index contributed by atoms with van der Waals surface area (Å²) in [7, 11) is 0. The first-order chi connectivity index (χ1) is 13.8. The van der Waals surface area contributed by atoms with Crippen LogP contribution in [0.2, 0.25) is 0 Å². The molecule has 1 aromatic heterocycles. The smallest absolute Gasteiger partial charge is 0.316 e. The molecule has 146 valence electrons. The van der Waals surface area contributed by atoms with E-state index in [1.165, 1.54) is 29.0 Å². The van der Waals surface area contributed by atoms with E-state index in [0.717, 1.165) is 24.3 Å². The molecule has 0 unspecified atom stereocenters. The van der Waals surface area contributed by atoms with Gasteiger partial charge in [0, 0.05) is 11.9 Å². The van der Waals surface area contributed by atoms with Gasteiger partial charge >= 0.3 is 6.18 Å². The predicted octanol–water partition coefficient (Wildman–Crippen LogP) is 4.27. The van der Waals surface area contributed by atoms with Crippen LogP contribution in [0.15, 0.2) is 65.9 Å². The van der Waals surface area contributed by atoms with Crippen molar-refractivity contribution >= 4 is 12.1 Å². The zero-order valence-electron chi connectivity index (χ0n) is 14.6. The highest BCUT2D eigenvalue weighted by molar-refractivity contribution is 5.95. The quantitative estimate of drug-likeness (QED) is 0.404. The zero-order chi connectivity index (χ0) is 21.0. The number of alkyl halides is 3. The van der Waals surface area contributed by atoms with Crippen LogP contribution in [0.3, 0.4) is 0 Å². The maximum atomic E-state index is 13.8. The van der Waals surface area contributed by atoms with Crippen LogP contribution in [0.25, 0.3) is 5.69 Å². The topological polar surface area (TPSA) is 70.2 Å². The van der Waals surface area contributed by atoms with Crippen molar-refractivity contribution < 1.29 is 22.4 Å². The number of nitriles is 1. The molecule has 0 spiro atoms. The maximum Gasteiger partial charge on any atom is 0.416 e. The first kappa shape index (κ1) is 19.8. The molecule has 3 rings (SSSR count). The van der Waals surface area contributed by atoms with Crippen molar-refractivity contribution in [1.29, 1.82) is 5.26 Å². The van der Waals surface area contributed by atoms with Gasteiger partial charge in [0.25, 0.3) is 5.91 Å². The Labute approximate surface area is 162 Å². The van der Waals surface area contributed by atoms with Gasteiger partial charge in [-0.25, -0.2) is 9.82 Å². The van der Waals surface area contributed by atoms with Crippen molar-refractivity contribution in [1.82, 2.24) is 9.99 Å². The monoisotopic (exact) mass is 400 g/mol. The van der Waals surface area contributed by atoms with Crippen molar-refractivity contribution in [3.05, 3.63) is 89.0 Å². The third kappa shape index (κ3) is 4.50. The van der Waals surface area contributed by atoms with Gasteiger partial charge in [0.05, 0.1) is 34.7 Å². The largest absolute Gasteiger partial charge is 0.416 e. The van der Waals surface area contributed by atoms with Crippen molar-refractivity contribution in [3.63, 3.8) is 0 Å². The van der Waals surface area contributed by atoms with Crippen molar-refractivity contribution in [2.24, 2.45) is 5.10 Å². The molecule has 0 aliphatic rings. The Morgan fingerprint density at radius 1 is 1.14 bits per heavy atom. The highest BCUT2D eigenvalue weighted by Gasteiger charge is 2.30. The number of amides is 1. The lowest BCUT2D eigenvalue weighted by molar-refractivity contribution is -0.137. The number of hydrazone groups is 1. The van der Waals surface area contributed by atoms with Gasteiger partial charge in [0.15, 0.2) is 0 Å². The maximum absolute atomic E-state index is 13.8. The SMILES string of the molecule is N#Cc1ccc(C(=O)N/N=C/c2cccn2-c2cccc(C(F)(F)F)c2)c(F)c1. The lowest BCUT2D eigenvalue weighted by Gasteiger charge is -2.11. The molecule has 2 aromatic carbocycles. The van der Waals surface area contributed by atoms with Gasteiger partial charge in [-0.05, 0) is 48.5 Å². The van der Waals surface area contributed by atoms with E-state index in [4.69, 9.17) is 5.26 Å². The Bertz CT molecular complexity index is 1130. The number of carbonyl (C=O) groups is 1. The molecular weight excluding hydrogens is 388 g/mol. The summed E-state index contributed by atoms with van der Waals surface area (Å²) in [6.45, 7) is 0. The van der Waals surface area contributed by atoms with Crippen LogP contribution in [-0.2, 0) is 6.18 Å². The van der Waals surface area contributed by atoms with E-state index in [0.29, 0.717) is 5.69 Å². The minimum atomic E-state index is -4.48. The highest BCUT2D eigenvalue weighted by Crippen LogP contribution is 2.30. The number of nitrogens with one attached hydrogen (secondary N) is 1. The molecule has 3 aromatic rings. The summed E-state index contributed by atoms with van der Waals surface area (Å²) in [6.07, 6.45) is -1.71. The average Bonchev–Trinajstić information content (AvgIpc) is 3.15. The van der Waals surface area contributed by atoms with Crippen molar-refractivity contribution in [2.75, 3.05) is 0 Å². The van der Waals surface area contributed by atoms with Crippen LogP contribution in [0.1, 0.15) is 27.2 Å². The first-order valence-corrected chi connectivity index (χ1v) is 8.17. The molecule has 1 N–H and O–H groups in total. The van der Waals surface area contributed by atoms with Gasteiger partial charge in [0.1, 0.15) is 5.82 Å². The van der Waals surface area contributed by atoms with E-state index >= 15 is 0 Å². The van der Waals surface area contributed by atoms with E-state index in [1.807, 2.05) is 0 Å². The standard InChI is InChI=1S/C20H12F4N4O/c21-18-9-13(11-25)6-7-17(18)19(29)27-26-12-16-5-2-8-28(16)15-4-1-3-14(10-15)20(22,23)24/h1-10,12H,(H,27,29)/b26-12+. The molecular formula is C20H12F4N4O. The number of hydrogen-bond acceptors (Lipinski definition) is 3. The minimum Gasteiger partial charge on any atom is -0.316 e. The van der Waals surface area contributed by atoms with E-state index in [2.05, 4.69) is 10.5 Å². The second kappa shape index (κ2) is 7.98. The highest BCUT2D eigenvalue weighted by atomic mass is 19.4. The third-order valence-corrected chi connectivity index (χ3v) is 3.94. The van der Waals surface area contributed by atoms with E-state index in [9.17, 15) is 22.4 Å². The lowest BCUT2D eigenvalue weighted by Crippen LogP contribution is -2.19. The Balaban J connectivity index is 1.78. The number of rotatable bonds is 4. The molecule has 29 heavy (non-hydrogen) atoms. The molecule has 1 heterocycles. The van der Waals surface area contributed by atoms with Crippen LogP contribution >= 0.6 is 0 Å². The Morgan fingerprint density at radius 3 is 2.62 bits per heavy atom. The first-order valence-electron chi connectivity index (χ1n) is 8.17. The summed E-state index contributed by atoms with van der Waals surface area (Å²) in [5.41, 5.74) is 1.78. The van der Waals surface area contributed by atoms with Crippen molar-refractivity contribution in [3.8, 4) is 11.8 Å². The second-order valence-electron chi connectivity index (χ2n) is 5.86. The van der Waals surface area contributed by atoms with Gasteiger partial charge in [-0.15, -0.1) is 0 Å². The van der Waals surface area contributed by atoms with E-state index in [-0.39, 0.29) is 16.8 Å². The molecule has 0 aliphatic carbocycles. The van der Waals surface area contributed by atoms with E-state index < -0.39 is 23.5 Å². The van der Waals surface area contributed by atoms with Crippen LogP contribution in [0.5, 0.6) is 0 Å². The molecule has 0 bridgehead atoms. The fourth-order valence-electron chi connectivity index (χ4n) is 2.55. The van der Waals surface area contributed by atoms with Gasteiger partial charge < -0.3 is 4.57 Å². The number of halogens is 4. The summed E-state index contributed by atoms with van der Waals surface area (Å²) in [6, 6.07) is 13.1. The summed E-state index contributed by atoms with van der Waals surface area (Å²) in [4.78, 5) is 12.0. The second-order valence-corrected chi connectivity index (χ2v) is 5.86. The number of benzene rings is 2. The van der Waals surface area contributed by atoms with Gasteiger partial charge in [0.2, 0.25) is 0 Å². The number of hydrogen-bond donors (Lipinski definition) is 1. The molecule has 0 aliphatic heterocycles. The molecule has 0 radical (unpaired) electrons. The molecule has 0 saturated heterocycles. The summed E-state index contributed by atoms with van der Waals surface area (Å²) in [5, 5.41) is 12.4. The Hall–Kier alpha value is -3.93. The number of nitrogens with zero attached hydrogens (tertiary/aromatic N) is 3. The van der Waals surface area contributed by atoms with Crippen LogP contribution in [-0.4, -0.2) is 16.7 Å². The molecule has 0 saturated carbocycles. The van der Waals surface area contributed by atoms with Gasteiger partial charge in [-0.3, -0.25) is 4.79 Å². The summed E-state index contributed by atoms with van der Waals surface area (Å²) in [5.74, 6) is -1.70. The number of carbonyl (C=O) groups excluding carboxylic acids is 1. The normalized spacial score (nSPS) is 11.4. The minimum absolute atomic E-state index is 0.0708. The molecule has 1 amide bonds.